The number of aromatic nitrogens is 1. The van der Waals surface area contributed by atoms with Crippen LogP contribution in [0.4, 0.5) is 0 Å². The van der Waals surface area contributed by atoms with E-state index in [0.717, 1.165) is 33.9 Å². The maximum Gasteiger partial charge on any atom is 0.210 e. The second kappa shape index (κ2) is 7.59. The maximum absolute atomic E-state index is 13.1. The highest BCUT2D eigenvalue weighted by atomic mass is 16.4. The third kappa shape index (κ3) is 3.08. The molecule has 0 spiro atoms. The molecule has 0 atom stereocenters. The molecule has 4 aromatic rings. The van der Waals surface area contributed by atoms with Crippen molar-refractivity contribution in [2.45, 2.75) is 27.3 Å². The number of aryl methyl sites for hydroxylation is 2. The average molecular weight is 398 g/mol. The van der Waals surface area contributed by atoms with E-state index in [1.54, 1.807) is 6.07 Å². The minimum atomic E-state index is -0.330. The Bertz CT molecular complexity index is 1350. The second-order valence-electron chi connectivity index (χ2n) is 7.37. The fourth-order valence-electron chi connectivity index (χ4n) is 3.96. The van der Waals surface area contributed by atoms with Gasteiger partial charge in [-0.3, -0.25) is 9.59 Å². The number of ketones is 2. The standard InChI is InChI=1S/C25H22N2O3/c1-4-27-22-11-9-17(24(28)16(3)26-30)13-20(22)21-14-18(10-12-23(21)27)25(29)19-8-6-5-7-15(19)2/h5-14,30H,4H2,1-3H3/b26-16+. The topological polar surface area (TPSA) is 71.7 Å². The lowest BCUT2D eigenvalue weighted by molar-refractivity contribution is 0.103. The Morgan fingerprint density at radius 1 is 0.933 bits per heavy atom. The number of benzene rings is 3. The molecule has 0 bridgehead atoms. The van der Waals surface area contributed by atoms with Crippen molar-refractivity contribution in [1.82, 2.24) is 4.57 Å². The van der Waals surface area contributed by atoms with E-state index < -0.39 is 0 Å². The van der Waals surface area contributed by atoms with Gasteiger partial charge in [-0.05, 0) is 62.7 Å². The highest BCUT2D eigenvalue weighted by Gasteiger charge is 2.17. The van der Waals surface area contributed by atoms with Crippen molar-refractivity contribution in [2.75, 3.05) is 0 Å². The second-order valence-corrected chi connectivity index (χ2v) is 7.37. The lowest BCUT2D eigenvalue weighted by Gasteiger charge is -2.06. The van der Waals surface area contributed by atoms with Gasteiger partial charge < -0.3 is 9.77 Å². The molecule has 0 aliphatic carbocycles. The Labute approximate surface area is 174 Å². The van der Waals surface area contributed by atoms with E-state index in [1.165, 1.54) is 6.92 Å². The van der Waals surface area contributed by atoms with Crippen LogP contribution in [0.2, 0.25) is 0 Å². The van der Waals surface area contributed by atoms with Crippen molar-refractivity contribution in [2.24, 2.45) is 5.16 Å². The summed E-state index contributed by atoms with van der Waals surface area (Å²) in [5, 5.41) is 13.8. The summed E-state index contributed by atoms with van der Waals surface area (Å²) >= 11 is 0. The molecule has 0 unspecified atom stereocenters. The Balaban J connectivity index is 1.94. The molecule has 0 saturated carbocycles. The molecule has 0 fully saturated rings. The molecular formula is C25H22N2O3. The lowest BCUT2D eigenvalue weighted by atomic mass is 9.97. The molecule has 0 aliphatic heterocycles. The van der Waals surface area contributed by atoms with E-state index in [2.05, 4.69) is 16.6 Å². The number of carbonyl (C=O) groups is 2. The van der Waals surface area contributed by atoms with Gasteiger partial charge in [-0.15, -0.1) is 0 Å². The quantitative estimate of drug-likeness (QED) is 0.212. The number of nitrogens with zero attached hydrogens (tertiary/aromatic N) is 2. The Morgan fingerprint density at radius 2 is 1.53 bits per heavy atom. The summed E-state index contributed by atoms with van der Waals surface area (Å²) in [4.78, 5) is 25.6. The van der Waals surface area contributed by atoms with Crippen LogP contribution in [0.15, 0.2) is 65.8 Å². The molecule has 1 aromatic heterocycles. The first-order valence-corrected chi connectivity index (χ1v) is 9.86. The van der Waals surface area contributed by atoms with E-state index in [9.17, 15) is 9.59 Å². The molecule has 0 amide bonds. The Morgan fingerprint density at radius 3 is 2.13 bits per heavy atom. The zero-order valence-electron chi connectivity index (χ0n) is 17.1. The van der Waals surface area contributed by atoms with Gasteiger partial charge in [-0.25, -0.2) is 0 Å². The van der Waals surface area contributed by atoms with Gasteiger partial charge in [0.25, 0.3) is 0 Å². The monoisotopic (exact) mass is 398 g/mol. The van der Waals surface area contributed by atoms with E-state index in [-0.39, 0.29) is 17.3 Å². The van der Waals surface area contributed by atoms with E-state index in [1.807, 2.05) is 61.5 Å². The molecule has 0 radical (unpaired) electrons. The summed E-state index contributed by atoms with van der Waals surface area (Å²) in [6, 6.07) is 18.7. The number of hydrogen-bond acceptors (Lipinski definition) is 4. The summed E-state index contributed by atoms with van der Waals surface area (Å²) in [6.45, 7) is 6.22. The first-order valence-electron chi connectivity index (χ1n) is 9.86. The average Bonchev–Trinajstić information content (AvgIpc) is 3.10. The summed E-state index contributed by atoms with van der Waals surface area (Å²) in [5.41, 5.74) is 4.70. The van der Waals surface area contributed by atoms with Crippen molar-refractivity contribution < 1.29 is 14.8 Å². The van der Waals surface area contributed by atoms with Crippen LogP contribution in [0.5, 0.6) is 0 Å². The van der Waals surface area contributed by atoms with E-state index in [4.69, 9.17) is 5.21 Å². The van der Waals surface area contributed by atoms with Gasteiger partial charge in [0.2, 0.25) is 5.78 Å². The van der Waals surface area contributed by atoms with Gasteiger partial charge in [-0.1, -0.05) is 29.4 Å². The van der Waals surface area contributed by atoms with Gasteiger partial charge in [0.05, 0.1) is 0 Å². The highest BCUT2D eigenvalue weighted by molar-refractivity contribution is 6.45. The summed E-state index contributed by atoms with van der Waals surface area (Å²) < 4.78 is 2.16. The fraction of sp³-hybridized carbons (Fsp3) is 0.160. The van der Waals surface area contributed by atoms with Gasteiger partial charge in [0, 0.05) is 45.0 Å². The molecule has 150 valence electrons. The normalized spacial score (nSPS) is 11.9. The summed E-state index contributed by atoms with van der Waals surface area (Å²) in [7, 11) is 0. The molecule has 0 saturated heterocycles. The van der Waals surface area contributed by atoms with Gasteiger partial charge >= 0.3 is 0 Å². The third-order valence-corrected chi connectivity index (χ3v) is 5.57. The minimum Gasteiger partial charge on any atom is -0.411 e. The minimum absolute atomic E-state index is 0.0251. The number of carbonyl (C=O) groups excluding carboxylic acids is 2. The maximum atomic E-state index is 13.1. The van der Waals surface area contributed by atoms with Crippen molar-refractivity contribution in [3.63, 3.8) is 0 Å². The van der Waals surface area contributed by atoms with Crippen LogP contribution in [0, 0.1) is 6.92 Å². The Kier molecular flexibility index (Phi) is 4.96. The Hall–Kier alpha value is -3.73. The number of oxime groups is 1. The number of hydrogen-bond donors (Lipinski definition) is 1. The lowest BCUT2D eigenvalue weighted by Crippen LogP contribution is -2.10. The third-order valence-electron chi connectivity index (χ3n) is 5.57. The largest absolute Gasteiger partial charge is 0.411 e. The van der Waals surface area contributed by atoms with Gasteiger partial charge in [0.15, 0.2) is 5.78 Å². The zero-order valence-corrected chi connectivity index (χ0v) is 17.1. The van der Waals surface area contributed by atoms with E-state index in [0.29, 0.717) is 16.7 Å². The summed E-state index contributed by atoms with van der Waals surface area (Å²) in [6.07, 6.45) is 0. The van der Waals surface area contributed by atoms with Crippen LogP contribution < -0.4 is 0 Å². The van der Waals surface area contributed by atoms with Crippen molar-refractivity contribution in [3.8, 4) is 0 Å². The van der Waals surface area contributed by atoms with Crippen LogP contribution in [-0.2, 0) is 6.54 Å². The first kappa shape index (κ1) is 19.6. The number of Topliss-reactive ketones (excluding diaryl/α,β-unsaturated/α-hetero) is 1. The van der Waals surface area contributed by atoms with Gasteiger partial charge in [0.1, 0.15) is 5.71 Å². The van der Waals surface area contributed by atoms with E-state index >= 15 is 0 Å². The number of fused-ring (bicyclic) bond motifs is 3. The van der Waals surface area contributed by atoms with Crippen molar-refractivity contribution in [3.05, 3.63) is 82.9 Å². The summed E-state index contributed by atoms with van der Waals surface area (Å²) in [5.74, 6) is -0.355. The van der Waals surface area contributed by atoms with Crippen LogP contribution in [0.1, 0.15) is 45.7 Å². The van der Waals surface area contributed by atoms with Crippen molar-refractivity contribution >= 4 is 39.1 Å². The van der Waals surface area contributed by atoms with Crippen LogP contribution in [0.3, 0.4) is 0 Å². The molecule has 30 heavy (non-hydrogen) atoms. The molecule has 4 rings (SSSR count). The molecule has 1 N–H and O–H groups in total. The van der Waals surface area contributed by atoms with Gasteiger partial charge in [-0.2, -0.15) is 0 Å². The smallest absolute Gasteiger partial charge is 0.210 e. The predicted molar refractivity (Wildman–Crippen MR) is 119 cm³/mol. The van der Waals surface area contributed by atoms with Crippen LogP contribution >= 0.6 is 0 Å². The fourth-order valence-corrected chi connectivity index (χ4v) is 3.96. The SMILES string of the molecule is CCn1c2ccc(C(=O)/C(C)=N/O)cc2c2cc(C(=O)c3ccccc3C)ccc21. The first-order chi connectivity index (χ1) is 14.5. The van der Waals surface area contributed by atoms with Crippen LogP contribution in [0.25, 0.3) is 21.8 Å². The van der Waals surface area contributed by atoms with Crippen LogP contribution in [-0.4, -0.2) is 27.1 Å². The molecule has 0 aliphatic rings. The predicted octanol–water partition coefficient (Wildman–Crippen LogP) is 5.39. The van der Waals surface area contributed by atoms with Crippen molar-refractivity contribution in [1.29, 1.82) is 0 Å². The zero-order chi connectivity index (χ0) is 21.4. The molecule has 5 heteroatoms. The molecule has 5 nitrogen and oxygen atoms in total. The molecular weight excluding hydrogens is 376 g/mol. The molecule has 3 aromatic carbocycles. The highest BCUT2D eigenvalue weighted by Crippen LogP contribution is 2.31. The number of rotatable bonds is 5. The molecule has 1 heterocycles.